The summed E-state index contributed by atoms with van der Waals surface area (Å²) in [6.07, 6.45) is 1.49. The molecule has 1 aromatic heterocycles. The normalized spacial score (nSPS) is 11.0. The molecule has 2 aromatic carbocycles. The van der Waals surface area contributed by atoms with Crippen molar-refractivity contribution in [3.05, 3.63) is 70.6 Å². The van der Waals surface area contributed by atoms with Gasteiger partial charge in [0.15, 0.2) is 0 Å². The number of nitrogens with zero attached hydrogens (tertiary/aromatic N) is 1. The molecule has 22 heavy (non-hydrogen) atoms. The second-order valence-corrected chi connectivity index (χ2v) is 4.58. The van der Waals surface area contributed by atoms with Gasteiger partial charge in [0.2, 0.25) is 0 Å². The number of para-hydroxylation sites is 2. The van der Waals surface area contributed by atoms with E-state index in [2.05, 4.69) is 10.1 Å². The van der Waals surface area contributed by atoms with Crippen LogP contribution in [0.5, 0.6) is 5.75 Å². The van der Waals surface area contributed by atoms with Crippen molar-refractivity contribution >= 4 is 11.9 Å². The van der Waals surface area contributed by atoms with Gasteiger partial charge < -0.3 is 9.26 Å². The number of H-pyrrole nitrogens is 1. The van der Waals surface area contributed by atoms with Crippen LogP contribution in [0, 0.1) is 0 Å². The molecule has 0 bridgehead atoms. The topological polar surface area (TPSA) is 67.6 Å². The lowest BCUT2D eigenvalue weighted by Crippen LogP contribution is -2.01. The van der Waals surface area contributed by atoms with Crippen LogP contribution in [0.2, 0.25) is 0 Å². The van der Waals surface area contributed by atoms with Crippen molar-refractivity contribution in [1.29, 1.82) is 0 Å². The van der Waals surface area contributed by atoms with Crippen molar-refractivity contribution in [3.8, 4) is 17.0 Å². The minimum atomic E-state index is -0.461. The summed E-state index contributed by atoms with van der Waals surface area (Å²) >= 11 is 0. The molecule has 5 nitrogen and oxygen atoms in total. The molecular weight excluding hydrogens is 280 g/mol. The smallest absolute Gasteiger partial charge is 0.366 e. The summed E-state index contributed by atoms with van der Waals surface area (Å²) in [4.78, 5) is 16.2. The Hall–Kier alpha value is -3.08. The van der Waals surface area contributed by atoms with Gasteiger partial charge in [0.25, 0.3) is 0 Å². The van der Waals surface area contributed by atoms with E-state index < -0.39 is 5.63 Å². The lowest BCUT2D eigenvalue weighted by Gasteiger charge is -2.02. The average Bonchev–Trinajstić information content (AvgIpc) is 2.95. The zero-order valence-electron chi connectivity index (χ0n) is 11.9. The fraction of sp³-hybridized carbons (Fsp3) is 0.0588. The number of benzene rings is 2. The van der Waals surface area contributed by atoms with Gasteiger partial charge >= 0.3 is 5.63 Å². The number of ether oxygens (including phenoxy) is 1. The Morgan fingerprint density at radius 2 is 1.82 bits per heavy atom. The van der Waals surface area contributed by atoms with Crippen molar-refractivity contribution < 1.29 is 9.26 Å². The molecule has 0 amide bonds. The maximum absolute atomic E-state index is 11.9. The van der Waals surface area contributed by atoms with Gasteiger partial charge in [0.1, 0.15) is 17.0 Å². The van der Waals surface area contributed by atoms with E-state index in [0.717, 1.165) is 5.56 Å². The average molecular weight is 294 g/mol. The van der Waals surface area contributed by atoms with E-state index in [9.17, 15) is 4.79 Å². The van der Waals surface area contributed by atoms with E-state index in [1.165, 1.54) is 6.21 Å². The minimum absolute atomic E-state index is 0.372. The van der Waals surface area contributed by atoms with Gasteiger partial charge in [-0.05, 0) is 12.1 Å². The van der Waals surface area contributed by atoms with Crippen molar-refractivity contribution in [1.82, 2.24) is 5.16 Å². The third kappa shape index (κ3) is 2.69. The molecule has 1 N–H and O–H groups in total. The van der Waals surface area contributed by atoms with Gasteiger partial charge in [-0.3, -0.25) is 4.99 Å². The zero-order valence-corrected chi connectivity index (χ0v) is 11.9. The Kier molecular flexibility index (Phi) is 3.87. The van der Waals surface area contributed by atoms with E-state index in [0.29, 0.717) is 22.7 Å². The van der Waals surface area contributed by atoms with Crippen molar-refractivity contribution in [3.63, 3.8) is 0 Å². The van der Waals surface area contributed by atoms with Crippen LogP contribution in [0.4, 0.5) is 5.69 Å². The summed E-state index contributed by atoms with van der Waals surface area (Å²) in [5.41, 5.74) is 2.01. The fourth-order valence-corrected chi connectivity index (χ4v) is 2.12. The quantitative estimate of drug-likeness (QED) is 0.750. The van der Waals surface area contributed by atoms with E-state index >= 15 is 0 Å². The predicted octanol–water partition coefficient (Wildman–Crippen LogP) is 3.39. The Morgan fingerprint density at radius 1 is 1.09 bits per heavy atom. The first-order valence-electron chi connectivity index (χ1n) is 6.73. The minimum Gasteiger partial charge on any atom is -0.494 e. The van der Waals surface area contributed by atoms with Gasteiger partial charge in [0.05, 0.1) is 12.8 Å². The standard InChI is InChI=1S/C17H14N2O3/c1-21-15-10-6-5-9-14(15)18-11-13-16(19-22-17(13)20)12-7-3-2-4-8-12/h2-11,19H,1H3. The molecule has 0 spiro atoms. The summed E-state index contributed by atoms with van der Waals surface area (Å²) in [5.74, 6) is 0.639. The van der Waals surface area contributed by atoms with Gasteiger partial charge in [-0.25, -0.2) is 9.95 Å². The molecular formula is C17H14N2O3. The molecule has 0 unspecified atom stereocenters. The molecule has 1 heterocycles. The largest absolute Gasteiger partial charge is 0.494 e. The molecule has 110 valence electrons. The molecule has 3 aromatic rings. The number of rotatable bonds is 4. The highest BCUT2D eigenvalue weighted by molar-refractivity contribution is 5.89. The Morgan fingerprint density at radius 3 is 2.59 bits per heavy atom. The zero-order chi connectivity index (χ0) is 15.4. The molecule has 0 fully saturated rings. The summed E-state index contributed by atoms with van der Waals surface area (Å²) in [7, 11) is 1.58. The number of aromatic amines is 1. The van der Waals surface area contributed by atoms with E-state index in [1.54, 1.807) is 7.11 Å². The van der Waals surface area contributed by atoms with Gasteiger partial charge in [-0.15, -0.1) is 0 Å². The van der Waals surface area contributed by atoms with Crippen molar-refractivity contribution in [2.75, 3.05) is 7.11 Å². The maximum Gasteiger partial charge on any atom is 0.366 e. The van der Waals surface area contributed by atoms with Gasteiger partial charge in [-0.1, -0.05) is 42.5 Å². The number of aliphatic imine (C=N–C) groups is 1. The third-order valence-electron chi connectivity index (χ3n) is 3.22. The maximum atomic E-state index is 11.9. The monoisotopic (exact) mass is 294 g/mol. The van der Waals surface area contributed by atoms with E-state index in [1.807, 2.05) is 54.6 Å². The lowest BCUT2D eigenvalue weighted by molar-refractivity contribution is 0.393. The highest BCUT2D eigenvalue weighted by Gasteiger charge is 2.12. The molecule has 0 radical (unpaired) electrons. The van der Waals surface area contributed by atoms with E-state index in [4.69, 9.17) is 9.26 Å². The second kappa shape index (κ2) is 6.13. The van der Waals surface area contributed by atoms with Crippen LogP contribution in [0.1, 0.15) is 5.56 Å². The SMILES string of the molecule is COc1ccccc1N=Cc1c(-c2ccccc2)[nH]oc1=O. The predicted molar refractivity (Wildman–Crippen MR) is 85.0 cm³/mol. The number of aromatic nitrogens is 1. The Balaban J connectivity index is 2.01. The fourth-order valence-electron chi connectivity index (χ4n) is 2.12. The number of nitrogens with one attached hydrogen (secondary N) is 1. The molecule has 0 aliphatic heterocycles. The number of hydrogen-bond donors (Lipinski definition) is 1. The van der Waals surface area contributed by atoms with Gasteiger partial charge in [-0.2, -0.15) is 0 Å². The molecule has 0 saturated carbocycles. The van der Waals surface area contributed by atoms with Crippen LogP contribution < -0.4 is 10.4 Å². The number of hydrogen-bond acceptors (Lipinski definition) is 4. The molecule has 0 atom stereocenters. The summed E-state index contributed by atoms with van der Waals surface area (Å²) in [5, 5.41) is 2.65. The first kappa shape index (κ1) is 13.9. The highest BCUT2D eigenvalue weighted by atomic mass is 16.5. The van der Waals surface area contributed by atoms with Crippen LogP contribution in [0.25, 0.3) is 11.3 Å². The molecule has 3 rings (SSSR count). The van der Waals surface area contributed by atoms with Crippen LogP contribution in [-0.2, 0) is 0 Å². The Bertz CT molecular complexity index is 848. The van der Waals surface area contributed by atoms with Crippen molar-refractivity contribution in [2.45, 2.75) is 0 Å². The molecule has 0 aliphatic carbocycles. The highest BCUT2D eigenvalue weighted by Crippen LogP contribution is 2.26. The molecule has 5 heteroatoms. The van der Waals surface area contributed by atoms with E-state index in [-0.39, 0.29) is 0 Å². The van der Waals surface area contributed by atoms with Crippen LogP contribution in [0.15, 0.2) is 68.9 Å². The first-order valence-corrected chi connectivity index (χ1v) is 6.73. The third-order valence-corrected chi connectivity index (χ3v) is 3.22. The lowest BCUT2D eigenvalue weighted by atomic mass is 10.1. The van der Waals surface area contributed by atoms with Crippen LogP contribution in [-0.4, -0.2) is 18.5 Å². The number of methoxy groups -OCH3 is 1. The van der Waals surface area contributed by atoms with Crippen LogP contribution >= 0.6 is 0 Å². The van der Waals surface area contributed by atoms with Gasteiger partial charge in [0, 0.05) is 11.8 Å². The first-order chi connectivity index (χ1) is 10.8. The van der Waals surface area contributed by atoms with Crippen LogP contribution in [0.3, 0.4) is 0 Å². The molecule has 0 saturated heterocycles. The summed E-state index contributed by atoms with van der Waals surface area (Å²) in [6, 6.07) is 16.8. The van der Waals surface area contributed by atoms with Crippen molar-refractivity contribution in [2.24, 2.45) is 4.99 Å². The second-order valence-electron chi connectivity index (χ2n) is 4.58. The summed E-state index contributed by atoms with van der Waals surface area (Å²) < 4.78 is 10.1. The Labute approximate surface area is 126 Å². The summed E-state index contributed by atoms with van der Waals surface area (Å²) in [6.45, 7) is 0. The molecule has 0 aliphatic rings.